The SMILES string of the molecule is CC[C@]12N=C(N)N3CCC[C@@]31[NH+]=C(N)N2. The van der Waals surface area contributed by atoms with E-state index in [1.807, 2.05) is 0 Å². The molecule has 2 atom stereocenters. The zero-order valence-electron chi connectivity index (χ0n) is 8.88. The molecule has 3 aliphatic rings. The van der Waals surface area contributed by atoms with Gasteiger partial charge in [-0.2, -0.15) is 0 Å². The number of nitrogens with two attached hydrogens (primary N) is 2. The number of hydrogen-bond donors (Lipinski definition) is 4. The molecule has 1 saturated heterocycles. The van der Waals surface area contributed by atoms with Crippen LogP contribution < -0.4 is 21.8 Å². The van der Waals surface area contributed by atoms with Crippen molar-refractivity contribution in [1.29, 1.82) is 0 Å². The Labute approximate surface area is 88.4 Å². The van der Waals surface area contributed by atoms with Gasteiger partial charge in [-0.15, -0.1) is 0 Å². The first-order valence-corrected chi connectivity index (χ1v) is 5.45. The van der Waals surface area contributed by atoms with Crippen LogP contribution in [0.15, 0.2) is 4.99 Å². The molecule has 6 nitrogen and oxygen atoms in total. The minimum atomic E-state index is -0.363. The van der Waals surface area contributed by atoms with Gasteiger partial charge >= 0.3 is 5.96 Å². The number of hydrogen-bond acceptors (Lipinski definition) is 5. The summed E-state index contributed by atoms with van der Waals surface area (Å²) in [6.07, 6.45) is 3.02. The van der Waals surface area contributed by atoms with E-state index in [1.165, 1.54) is 0 Å². The summed E-state index contributed by atoms with van der Waals surface area (Å²) < 4.78 is 0. The summed E-state index contributed by atoms with van der Waals surface area (Å²) in [5, 5.41) is 3.25. The molecule has 0 aliphatic carbocycles. The monoisotopic (exact) mass is 209 g/mol. The molecule has 6 N–H and O–H groups in total. The Morgan fingerprint density at radius 2 is 2.40 bits per heavy atom. The molecular formula is C9H17N6+. The van der Waals surface area contributed by atoms with Crippen LogP contribution >= 0.6 is 0 Å². The molecule has 82 valence electrons. The third-order valence-electron chi connectivity index (χ3n) is 3.84. The number of aliphatic imine (C=N–C) groups is 1. The van der Waals surface area contributed by atoms with E-state index >= 15 is 0 Å². The van der Waals surface area contributed by atoms with Crippen molar-refractivity contribution >= 4 is 11.9 Å². The van der Waals surface area contributed by atoms with Gasteiger partial charge in [-0.3, -0.25) is 5.73 Å². The van der Waals surface area contributed by atoms with E-state index < -0.39 is 0 Å². The first-order valence-electron chi connectivity index (χ1n) is 5.45. The molecule has 0 amide bonds. The van der Waals surface area contributed by atoms with E-state index in [9.17, 15) is 0 Å². The maximum Gasteiger partial charge on any atom is 0.345 e. The fraction of sp³-hybridized carbons (Fsp3) is 0.778. The highest BCUT2D eigenvalue weighted by atomic mass is 15.6. The first kappa shape index (κ1) is 8.82. The van der Waals surface area contributed by atoms with Gasteiger partial charge < -0.3 is 10.6 Å². The molecule has 0 aromatic heterocycles. The van der Waals surface area contributed by atoms with E-state index in [0.29, 0.717) is 11.9 Å². The molecule has 0 aromatic rings. The molecule has 3 aliphatic heterocycles. The van der Waals surface area contributed by atoms with Crippen molar-refractivity contribution in [3.63, 3.8) is 0 Å². The number of rotatable bonds is 1. The van der Waals surface area contributed by atoms with Crippen molar-refractivity contribution in [3.8, 4) is 0 Å². The highest BCUT2D eigenvalue weighted by Crippen LogP contribution is 2.41. The second-order valence-electron chi connectivity index (χ2n) is 4.46. The normalized spacial score (nSPS) is 42.1. The summed E-state index contributed by atoms with van der Waals surface area (Å²) >= 11 is 0. The lowest BCUT2D eigenvalue weighted by Gasteiger charge is -2.33. The van der Waals surface area contributed by atoms with Crippen molar-refractivity contribution in [2.24, 2.45) is 16.5 Å². The topological polar surface area (TPSA) is 93.6 Å². The van der Waals surface area contributed by atoms with Crippen molar-refractivity contribution < 1.29 is 4.99 Å². The molecular weight excluding hydrogens is 192 g/mol. The third kappa shape index (κ3) is 0.770. The highest BCUT2D eigenvalue weighted by Gasteiger charge is 2.68. The largest absolute Gasteiger partial charge is 0.370 e. The third-order valence-corrected chi connectivity index (χ3v) is 3.84. The summed E-state index contributed by atoms with van der Waals surface area (Å²) in [4.78, 5) is 10.0. The predicted molar refractivity (Wildman–Crippen MR) is 56.6 cm³/mol. The number of guanidine groups is 2. The van der Waals surface area contributed by atoms with Gasteiger partial charge in [-0.25, -0.2) is 15.3 Å². The van der Waals surface area contributed by atoms with Crippen LogP contribution in [0.1, 0.15) is 26.2 Å². The van der Waals surface area contributed by atoms with Crippen LogP contribution in [0.3, 0.4) is 0 Å². The molecule has 3 rings (SSSR count). The van der Waals surface area contributed by atoms with Gasteiger partial charge in [-0.1, -0.05) is 6.92 Å². The molecule has 6 heteroatoms. The Balaban J connectivity index is 2.15. The Bertz CT molecular complexity index is 375. The van der Waals surface area contributed by atoms with Gasteiger partial charge in [0.2, 0.25) is 11.3 Å². The van der Waals surface area contributed by atoms with Gasteiger partial charge in [0.05, 0.1) is 0 Å². The minimum absolute atomic E-state index is 0.212. The fourth-order valence-corrected chi connectivity index (χ4v) is 3.21. The summed E-state index contributed by atoms with van der Waals surface area (Å²) in [5.74, 6) is 1.24. The standard InChI is InChI=1S/C9H16N6/c1-2-8-9(13-6(10)12-8)4-3-5-15(9)7(11)14-8/h2-5H2,1H3,(H2,11,14)(H3,10,12,13)/p+1/t8-,9+/m0/s1. The van der Waals surface area contributed by atoms with Gasteiger partial charge in [0.15, 0.2) is 5.96 Å². The highest BCUT2D eigenvalue weighted by molar-refractivity contribution is 5.85. The average molecular weight is 209 g/mol. The Morgan fingerprint density at radius 1 is 1.60 bits per heavy atom. The smallest absolute Gasteiger partial charge is 0.345 e. The Kier molecular flexibility index (Phi) is 1.39. The van der Waals surface area contributed by atoms with Gasteiger partial charge in [-0.05, 0) is 6.42 Å². The van der Waals surface area contributed by atoms with E-state index in [0.717, 1.165) is 25.8 Å². The molecule has 3 heterocycles. The van der Waals surface area contributed by atoms with E-state index in [-0.39, 0.29) is 11.3 Å². The van der Waals surface area contributed by atoms with Crippen molar-refractivity contribution in [2.45, 2.75) is 37.5 Å². The first-order chi connectivity index (χ1) is 7.13. The van der Waals surface area contributed by atoms with Crippen molar-refractivity contribution in [2.75, 3.05) is 6.54 Å². The van der Waals surface area contributed by atoms with Crippen molar-refractivity contribution in [3.05, 3.63) is 0 Å². The maximum absolute atomic E-state index is 5.96. The van der Waals surface area contributed by atoms with Gasteiger partial charge in [0.1, 0.15) is 0 Å². The zero-order chi connectivity index (χ0) is 10.7. The average Bonchev–Trinajstić information content (AvgIpc) is 2.75. The molecule has 1 fully saturated rings. The van der Waals surface area contributed by atoms with Crippen LogP contribution in [0.4, 0.5) is 0 Å². The van der Waals surface area contributed by atoms with Crippen LogP contribution in [0, 0.1) is 0 Å². The van der Waals surface area contributed by atoms with E-state index in [4.69, 9.17) is 11.5 Å². The molecule has 0 radical (unpaired) electrons. The molecule has 1 spiro atoms. The van der Waals surface area contributed by atoms with Crippen LogP contribution in [0.25, 0.3) is 0 Å². The quantitative estimate of drug-likeness (QED) is 0.375. The lowest BCUT2D eigenvalue weighted by molar-refractivity contribution is -0.576. The summed E-state index contributed by atoms with van der Waals surface area (Å²) in [5.41, 5.74) is 11.2. The zero-order valence-corrected chi connectivity index (χ0v) is 8.88. The van der Waals surface area contributed by atoms with Gasteiger partial charge in [0, 0.05) is 19.4 Å². The van der Waals surface area contributed by atoms with Crippen molar-refractivity contribution in [1.82, 2.24) is 10.2 Å². The summed E-state index contributed by atoms with van der Waals surface area (Å²) in [6, 6.07) is 0. The second-order valence-corrected chi connectivity index (χ2v) is 4.46. The predicted octanol–water partition coefficient (Wildman–Crippen LogP) is -2.79. The fourth-order valence-electron chi connectivity index (χ4n) is 3.21. The Morgan fingerprint density at radius 3 is 3.13 bits per heavy atom. The lowest BCUT2D eigenvalue weighted by Crippen LogP contribution is -2.92. The molecule has 0 bridgehead atoms. The molecule has 0 unspecified atom stereocenters. The van der Waals surface area contributed by atoms with E-state index in [1.54, 1.807) is 0 Å². The molecule has 0 saturated carbocycles. The maximum atomic E-state index is 5.96. The summed E-state index contributed by atoms with van der Waals surface area (Å²) in [6.45, 7) is 3.06. The van der Waals surface area contributed by atoms with E-state index in [2.05, 4.69) is 27.1 Å². The van der Waals surface area contributed by atoms with Crippen LogP contribution in [-0.2, 0) is 0 Å². The minimum Gasteiger partial charge on any atom is -0.370 e. The lowest BCUT2D eigenvalue weighted by atomic mass is 9.91. The summed E-state index contributed by atoms with van der Waals surface area (Å²) in [7, 11) is 0. The van der Waals surface area contributed by atoms with Crippen LogP contribution in [0.5, 0.6) is 0 Å². The molecule has 15 heavy (non-hydrogen) atoms. The van der Waals surface area contributed by atoms with Crippen LogP contribution in [0.2, 0.25) is 0 Å². The molecule has 0 aromatic carbocycles. The van der Waals surface area contributed by atoms with Crippen LogP contribution in [-0.4, -0.2) is 34.7 Å². The second kappa shape index (κ2) is 2.37. The number of nitrogens with zero attached hydrogens (tertiary/aromatic N) is 2. The number of nitrogens with one attached hydrogen (secondary N) is 2. The van der Waals surface area contributed by atoms with Gasteiger partial charge in [0.25, 0.3) is 0 Å². The Hall–Kier alpha value is -1.46.